The Kier molecular flexibility index (Phi) is 6.01. The molecule has 3 unspecified atom stereocenters. The second-order valence-corrected chi connectivity index (χ2v) is 8.07. The zero-order valence-corrected chi connectivity index (χ0v) is 17.5. The third-order valence-corrected chi connectivity index (χ3v) is 5.79. The number of aromatic nitrogens is 1. The Bertz CT molecular complexity index is 998. The quantitative estimate of drug-likeness (QED) is 0.435. The first-order valence-corrected chi connectivity index (χ1v) is 10.4. The normalized spacial score (nSPS) is 22.5. The van der Waals surface area contributed by atoms with Crippen LogP contribution in [0.1, 0.15) is 58.2 Å². The van der Waals surface area contributed by atoms with Gasteiger partial charge in [-0.05, 0) is 62.6 Å². The van der Waals surface area contributed by atoms with Crippen LogP contribution in [0, 0.1) is 19.8 Å². The summed E-state index contributed by atoms with van der Waals surface area (Å²) in [7, 11) is 0. The number of hydroxylamine groups is 2. The third-order valence-electron chi connectivity index (χ3n) is 5.79. The summed E-state index contributed by atoms with van der Waals surface area (Å²) in [4.78, 5) is 34.5. The summed E-state index contributed by atoms with van der Waals surface area (Å²) >= 11 is 0. The number of hydrogen-bond donors (Lipinski definition) is 4. The largest absolute Gasteiger partial charge is 0.349 e. The van der Waals surface area contributed by atoms with Gasteiger partial charge in [-0.15, -0.1) is 0 Å². The second kappa shape index (κ2) is 8.87. The van der Waals surface area contributed by atoms with Crippen LogP contribution in [0.25, 0.3) is 5.70 Å². The van der Waals surface area contributed by atoms with E-state index in [1.807, 2.05) is 44.2 Å². The van der Waals surface area contributed by atoms with Gasteiger partial charge in [0.15, 0.2) is 0 Å². The Labute approximate surface area is 180 Å². The Balaban J connectivity index is 1.43. The SMILES string of the molecule is Cc1cc(C2=CC(c3ccc(C(=O)NC4CCCC4C(=O)NO)cc3)ON2)cc(C)n1. The Hall–Kier alpha value is -3.23. The van der Waals surface area contributed by atoms with Crippen LogP contribution < -0.4 is 16.3 Å². The van der Waals surface area contributed by atoms with Crippen molar-refractivity contribution in [3.05, 3.63) is 70.6 Å². The molecule has 2 aliphatic rings. The van der Waals surface area contributed by atoms with Crippen LogP contribution >= 0.6 is 0 Å². The highest BCUT2D eigenvalue weighted by atomic mass is 16.7. The molecule has 0 saturated heterocycles. The highest BCUT2D eigenvalue weighted by molar-refractivity contribution is 5.95. The van der Waals surface area contributed by atoms with Gasteiger partial charge >= 0.3 is 0 Å². The summed E-state index contributed by atoms with van der Waals surface area (Å²) in [6.07, 6.45) is 3.92. The van der Waals surface area contributed by atoms with E-state index >= 15 is 0 Å². The van der Waals surface area contributed by atoms with Crippen molar-refractivity contribution in [3.8, 4) is 0 Å². The first kappa shape index (κ1) is 21.0. The van der Waals surface area contributed by atoms with Gasteiger partial charge in [-0.1, -0.05) is 18.6 Å². The van der Waals surface area contributed by atoms with Crippen molar-refractivity contribution < 1.29 is 19.6 Å². The Morgan fingerprint density at radius 2 is 1.84 bits per heavy atom. The standard InChI is InChI=1S/C23H26N4O4/c1-13-10-17(11-14(2)24-13)20-12-21(31-27-20)15-6-8-16(9-7-15)22(28)25-19-5-3-4-18(19)23(29)26-30/h6-12,18-19,21,27,30H,3-5H2,1-2H3,(H,25,28)(H,26,29). The summed E-state index contributed by atoms with van der Waals surface area (Å²) in [5.74, 6) is -1.10. The van der Waals surface area contributed by atoms with Crippen LogP contribution in [0.3, 0.4) is 0 Å². The fourth-order valence-electron chi connectivity index (χ4n) is 4.26. The Morgan fingerprint density at radius 1 is 1.13 bits per heavy atom. The van der Waals surface area contributed by atoms with E-state index in [1.54, 1.807) is 17.6 Å². The summed E-state index contributed by atoms with van der Waals surface area (Å²) in [6.45, 7) is 3.91. The van der Waals surface area contributed by atoms with Crippen molar-refractivity contribution >= 4 is 17.5 Å². The fraction of sp³-hybridized carbons (Fsp3) is 0.348. The van der Waals surface area contributed by atoms with E-state index in [0.717, 1.165) is 34.6 Å². The highest BCUT2D eigenvalue weighted by Crippen LogP contribution is 2.29. The van der Waals surface area contributed by atoms with E-state index in [1.165, 1.54) is 0 Å². The molecule has 0 spiro atoms. The van der Waals surface area contributed by atoms with Crippen LogP contribution in [-0.4, -0.2) is 28.0 Å². The van der Waals surface area contributed by atoms with Gasteiger partial charge in [0.1, 0.15) is 6.10 Å². The summed E-state index contributed by atoms with van der Waals surface area (Å²) in [6, 6.07) is 10.9. The molecule has 1 aliphatic heterocycles. The molecule has 2 heterocycles. The lowest BCUT2D eigenvalue weighted by Crippen LogP contribution is -2.43. The van der Waals surface area contributed by atoms with Gasteiger partial charge in [-0.25, -0.2) is 5.48 Å². The minimum absolute atomic E-state index is 0.237. The number of nitrogens with one attached hydrogen (secondary N) is 3. The number of aryl methyl sites for hydroxylation is 2. The van der Waals surface area contributed by atoms with Crippen molar-refractivity contribution in [2.24, 2.45) is 5.92 Å². The number of carbonyl (C=O) groups is 2. The van der Waals surface area contributed by atoms with E-state index < -0.39 is 11.8 Å². The molecule has 4 rings (SSSR count). The van der Waals surface area contributed by atoms with Crippen molar-refractivity contribution in [2.75, 3.05) is 0 Å². The zero-order chi connectivity index (χ0) is 22.0. The maximum absolute atomic E-state index is 12.6. The monoisotopic (exact) mass is 422 g/mol. The molecule has 0 radical (unpaired) electrons. The molecule has 1 aliphatic carbocycles. The number of pyridine rings is 1. The second-order valence-electron chi connectivity index (χ2n) is 8.07. The third kappa shape index (κ3) is 4.60. The lowest BCUT2D eigenvalue weighted by molar-refractivity contribution is -0.133. The molecule has 0 bridgehead atoms. The van der Waals surface area contributed by atoms with Crippen LogP contribution in [0.15, 0.2) is 42.5 Å². The maximum atomic E-state index is 12.6. The lowest BCUT2D eigenvalue weighted by Gasteiger charge is -2.19. The van der Waals surface area contributed by atoms with Crippen molar-refractivity contribution in [1.82, 2.24) is 21.3 Å². The first-order chi connectivity index (χ1) is 14.9. The summed E-state index contributed by atoms with van der Waals surface area (Å²) < 4.78 is 0. The molecule has 1 aromatic carbocycles. The minimum atomic E-state index is -0.453. The molecule has 8 heteroatoms. The van der Waals surface area contributed by atoms with Crippen LogP contribution in [-0.2, 0) is 9.63 Å². The van der Waals surface area contributed by atoms with Gasteiger partial charge in [-0.3, -0.25) is 30.1 Å². The fourth-order valence-corrected chi connectivity index (χ4v) is 4.26. The average molecular weight is 422 g/mol. The number of amides is 2. The molecule has 4 N–H and O–H groups in total. The van der Waals surface area contributed by atoms with E-state index in [-0.39, 0.29) is 18.1 Å². The zero-order valence-electron chi connectivity index (χ0n) is 17.5. The number of carbonyl (C=O) groups excluding carboxylic acids is 2. The van der Waals surface area contributed by atoms with Crippen LogP contribution in [0.2, 0.25) is 0 Å². The number of hydrogen-bond acceptors (Lipinski definition) is 6. The van der Waals surface area contributed by atoms with E-state index in [9.17, 15) is 9.59 Å². The highest BCUT2D eigenvalue weighted by Gasteiger charge is 2.34. The van der Waals surface area contributed by atoms with Gasteiger partial charge in [0.2, 0.25) is 5.91 Å². The molecule has 2 aromatic rings. The van der Waals surface area contributed by atoms with Crippen molar-refractivity contribution in [3.63, 3.8) is 0 Å². The Morgan fingerprint density at radius 3 is 2.52 bits per heavy atom. The van der Waals surface area contributed by atoms with Crippen molar-refractivity contribution in [2.45, 2.75) is 45.3 Å². The molecule has 2 amide bonds. The van der Waals surface area contributed by atoms with Crippen LogP contribution in [0.4, 0.5) is 0 Å². The average Bonchev–Trinajstić information content (AvgIpc) is 3.42. The lowest BCUT2D eigenvalue weighted by atomic mass is 10.0. The summed E-state index contributed by atoms with van der Waals surface area (Å²) in [5, 5.41) is 11.8. The molecule has 8 nitrogen and oxygen atoms in total. The van der Waals surface area contributed by atoms with Gasteiger partial charge in [0, 0.05) is 28.6 Å². The molecule has 1 saturated carbocycles. The van der Waals surface area contributed by atoms with E-state index in [0.29, 0.717) is 18.4 Å². The molecule has 1 aromatic heterocycles. The maximum Gasteiger partial charge on any atom is 0.251 e. The first-order valence-electron chi connectivity index (χ1n) is 10.4. The van der Waals surface area contributed by atoms with E-state index in [4.69, 9.17) is 10.0 Å². The predicted molar refractivity (Wildman–Crippen MR) is 114 cm³/mol. The molecular formula is C23H26N4O4. The molecule has 1 fully saturated rings. The van der Waals surface area contributed by atoms with E-state index in [2.05, 4.69) is 15.8 Å². The van der Waals surface area contributed by atoms with Gasteiger partial charge in [0.25, 0.3) is 5.91 Å². The van der Waals surface area contributed by atoms with Crippen molar-refractivity contribution in [1.29, 1.82) is 0 Å². The molecular weight excluding hydrogens is 396 g/mol. The number of nitrogens with zero attached hydrogens (tertiary/aromatic N) is 1. The minimum Gasteiger partial charge on any atom is -0.349 e. The van der Waals surface area contributed by atoms with Crippen LogP contribution in [0.5, 0.6) is 0 Å². The number of benzene rings is 1. The molecule has 162 valence electrons. The topological polar surface area (TPSA) is 113 Å². The van der Waals surface area contributed by atoms with Gasteiger partial charge in [0.05, 0.1) is 11.6 Å². The van der Waals surface area contributed by atoms with Gasteiger partial charge < -0.3 is 5.32 Å². The number of rotatable bonds is 5. The van der Waals surface area contributed by atoms with Gasteiger partial charge in [-0.2, -0.15) is 0 Å². The molecule has 3 atom stereocenters. The predicted octanol–water partition coefficient (Wildman–Crippen LogP) is 2.72. The summed E-state index contributed by atoms with van der Waals surface area (Å²) in [5.41, 5.74) is 9.88. The smallest absolute Gasteiger partial charge is 0.251 e. The molecule has 31 heavy (non-hydrogen) atoms.